The van der Waals surface area contributed by atoms with E-state index in [1.165, 1.54) is 0 Å². The molecule has 0 spiro atoms. The summed E-state index contributed by atoms with van der Waals surface area (Å²) in [6.07, 6.45) is 8.46. The van der Waals surface area contributed by atoms with E-state index in [1.54, 1.807) is 0 Å². The largest absolute Gasteiger partial charge is 0.453 e. The average molecular weight is 674 g/mol. The first-order chi connectivity index (χ1) is 25.8. The Kier molecular flexibility index (Phi) is 7.13. The zero-order valence-corrected chi connectivity index (χ0v) is 28.1. The predicted octanol–water partition coefficient (Wildman–Crippen LogP) is 12.1. The number of ether oxygens (including phenoxy) is 2. The monoisotopic (exact) mass is 673 g/mol. The SMILES string of the molecule is C1=CC(c2nc(-c3ccc(N4c5ccccc5Oc5ccccc54)cc3)nc(-c3ccc(N4c5ccccc5Oc5ccccc54)cc3)n2)=CCC1. The van der Waals surface area contributed by atoms with Gasteiger partial charge in [0.1, 0.15) is 0 Å². The molecule has 0 bridgehead atoms. The van der Waals surface area contributed by atoms with Gasteiger partial charge >= 0.3 is 0 Å². The van der Waals surface area contributed by atoms with Gasteiger partial charge in [-0.3, -0.25) is 0 Å². The lowest BCUT2D eigenvalue weighted by atomic mass is 10.1. The van der Waals surface area contributed by atoms with Gasteiger partial charge in [-0.25, -0.2) is 15.0 Å². The lowest BCUT2D eigenvalue weighted by Crippen LogP contribution is -2.15. The number of rotatable bonds is 5. The number of para-hydroxylation sites is 8. The first-order valence-corrected chi connectivity index (χ1v) is 17.4. The molecule has 10 rings (SSSR count). The van der Waals surface area contributed by atoms with Gasteiger partial charge in [-0.2, -0.15) is 0 Å². The summed E-state index contributed by atoms with van der Waals surface area (Å²) >= 11 is 0. The van der Waals surface area contributed by atoms with Crippen LogP contribution >= 0.6 is 0 Å². The van der Waals surface area contributed by atoms with Crippen molar-refractivity contribution in [3.8, 4) is 45.8 Å². The molecule has 1 aliphatic carbocycles. The summed E-state index contributed by atoms with van der Waals surface area (Å²) in [5, 5.41) is 0. The summed E-state index contributed by atoms with van der Waals surface area (Å²) in [7, 11) is 0. The lowest BCUT2D eigenvalue weighted by Gasteiger charge is -2.32. The second-order valence-corrected chi connectivity index (χ2v) is 12.8. The number of hydrogen-bond acceptors (Lipinski definition) is 7. The van der Waals surface area contributed by atoms with Crippen LogP contribution in [0.4, 0.5) is 34.1 Å². The molecule has 0 saturated carbocycles. The minimum absolute atomic E-state index is 0.620. The molecule has 3 heterocycles. The van der Waals surface area contributed by atoms with Crippen molar-refractivity contribution in [2.24, 2.45) is 0 Å². The molecule has 0 unspecified atom stereocenters. The van der Waals surface area contributed by atoms with Gasteiger partial charge in [0, 0.05) is 28.1 Å². The lowest BCUT2D eigenvalue weighted by molar-refractivity contribution is 0.477. The molecular formula is C45H31N5O2. The molecule has 1 aromatic heterocycles. The quantitative estimate of drug-likeness (QED) is 0.180. The number of benzene rings is 6. The Morgan fingerprint density at radius 2 is 0.788 bits per heavy atom. The van der Waals surface area contributed by atoms with Crippen LogP contribution in [0.2, 0.25) is 0 Å². The molecule has 3 aliphatic rings. The zero-order chi connectivity index (χ0) is 34.4. The molecule has 0 saturated heterocycles. The van der Waals surface area contributed by atoms with E-state index in [2.05, 4.69) is 101 Å². The zero-order valence-electron chi connectivity index (χ0n) is 28.1. The van der Waals surface area contributed by atoms with Crippen molar-refractivity contribution < 1.29 is 9.47 Å². The predicted molar refractivity (Wildman–Crippen MR) is 207 cm³/mol. The van der Waals surface area contributed by atoms with Crippen molar-refractivity contribution in [2.45, 2.75) is 12.8 Å². The van der Waals surface area contributed by atoms with Crippen molar-refractivity contribution in [3.05, 3.63) is 170 Å². The van der Waals surface area contributed by atoms with Crippen molar-refractivity contribution in [3.63, 3.8) is 0 Å². The van der Waals surface area contributed by atoms with Crippen LogP contribution < -0.4 is 19.3 Å². The van der Waals surface area contributed by atoms with E-state index in [0.717, 1.165) is 86.7 Å². The number of aromatic nitrogens is 3. The minimum atomic E-state index is 0.620. The Balaban J connectivity index is 1.03. The third kappa shape index (κ3) is 5.18. The van der Waals surface area contributed by atoms with Gasteiger partial charge in [0.15, 0.2) is 40.5 Å². The van der Waals surface area contributed by atoms with Crippen LogP contribution in [0.15, 0.2) is 164 Å². The molecule has 7 aromatic rings. The molecule has 6 aromatic carbocycles. The molecule has 0 amide bonds. The second kappa shape index (κ2) is 12.4. The minimum Gasteiger partial charge on any atom is -0.453 e. The van der Waals surface area contributed by atoms with Crippen molar-refractivity contribution in [1.29, 1.82) is 0 Å². The first kappa shape index (κ1) is 29.9. The highest BCUT2D eigenvalue weighted by Gasteiger charge is 2.27. The highest BCUT2D eigenvalue weighted by molar-refractivity contribution is 5.88. The fraction of sp³-hybridized carbons (Fsp3) is 0.0444. The fourth-order valence-corrected chi connectivity index (χ4v) is 7.03. The van der Waals surface area contributed by atoms with Crippen LogP contribution in [0.25, 0.3) is 28.3 Å². The Morgan fingerprint density at radius 3 is 1.17 bits per heavy atom. The van der Waals surface area contributed by atoms with Gasteiger partial charge in [0.05, 0.1) is 22.7 Å². The normalized spacial score (nSPS) is 13.9. The third-order valence-electron chi connectivity index (χ3n) is 9.52. The second-order valence-electron chi connectivity index (χ2n) is 12.8. The summed E-state index contributed by atoms with van der Waals surface area (Å²) in [5.41, 5.74) is 8.80. The van der Waals surface area contributed by atoms with Gasteiger partial charge in [-0.1, -0.05) is 66.8 Å². The van der Waals surface area contributed by atoms with Crippen LogP contribution in [-0.2, 0) is 0 Å². The van der Waals surface area contributed by atoms with Gasteiger partial charge < -0.3 is 19.3 Å². The molecule has 0 fully saturated rings. The molecule has 7 nitrogen and oxygen atoms in total. The van der Waals surface area contributed by atoms with E-state index in [-0.39, 0.29) is 0 Å². The summed E-state index contributed by atoms with van der Waals surface area (Å²) in [4.78, 5) is 19.5. The average Bonchev–Trinajstić information content (AvgIpc) is 3.22. The van der Waals surface area contributed by atoms with Crippen LogP contribution in [0, 0.1) is 0 Å². The summed E-state index contributed by atoms with van der Waals surface area (Å²) in [6.45, 7) is 0. The van der Waals surface area contributed by atoms with Gasteiger partial charge in [-0.05, 0) is 110 Å². The Morgan fingerprint density at radius 1 is 0.404 bits per heavy atom. The van der Waals surface area contributed by atoms with Crippen molar-refractivity contribution in [2.75, 3.05) is 9.80 Å². The highest BCUT2D eigenvalue weighted by atomic mass is 16.5. The van der Waals surface area contributed by atoms with Crippen LogP contribution in [-0.4, -0.2) is 15.0 Å². The van der Waals surface area contributed by atoms with E-state index in [0.29, 0.717) is 17.5 Å². The third-order valence-corrected chi connectivity index (χ3v) is 9.52. The van der Waals surface area contributed by atoms with E-state index in [1.807, 2.05) is 72.8 Å². The molecule has 0 N–H and O–H groups in total. The molecule has 52 heavy (non-hydrogen) atoms. The van der Waals surface area contributed by atoms with Gasteiger partial charge in [-0.15, -0.1) is 0 Å². The smallest absolute Gasteiger partial charge is 0.164 e. The van der Waals surface area contributed by atoms with E-state index in [4.69, 9.17) is 24.4 Å². The summed E-state index contributed by atoms with van der Waals surface area (Å²) < 4.78 is 12.5. The van der Waals surface area contributed by atoms with Crippen molar-refractivity contribution in [1.82, 2.24) is 15.0 Å². The molecule has 7 heteroatoms. The molecule has 0 radical (unpaired) electrons. The standard InChI is InChI=1S/C45H31N5O2/c1-2-12-30(13-3-1)43-46-44(31-22-26-33(27-23-31)49-35-14-4-8-18-39(35)51-40-19-9-5-15-36(40)49)48-45(47-43)32-24-28-34(29-25-32)50-37-16-6-10-20-41(37)52-42-21-11-7-17-38(42)50/h2,4-29H,1,3H2. The number of allylic oxidation sites excluding steroid dienone is 4. The molecule has 2 aliphatic heterocycles. The fourth-order valence-electron chi connectivity index (χ4n) is 7.03. The summed E-state index contributed by atoms with van der Waals surface area (Å²) in [5.74, 6) is 5.18. The van der Waals surface area contributed by atoms with Crippen LogP contribution in [0.5, 0.6) is 23.0 Å². The number of nitrogens with zero attached hydrogens (tertiary/aromatic N) is 5. The first-order valence-electron chi connectivity index (χ1n) is 17.4. The summed E-state index contributed by atoms with van der Waals surface area (Å²) in [6, 6.07) is 49.2. The molecule has 248 valence electrons. The van der Waals surface area contributed by atoms with Gasteiger partial charge in [0.2, 0.25) is 0 Å². The van der Waals surface area contributed by atoms with Gasteiger partial charge in [0.25, 0.3) is 0 Å². The maximum Gasteiger partial charge on any atom is 0.164 e. The molecule has 0 atom stereocenters. The number of fused-ring (bicyclic) bond motifs is 4. The van der Waals surface area contributed by atoms with Crippen LogP contribution in [0.1, 0.15) is 18.7 Å². The van der Waals surface area contributed by atoms with Crippen LogP contribution in [0.3, 0.4) is 0 Å². The molecular weight excluding hydrogens is 643 g/mol. The van der Waals surface area contributed by atoms with E-state index in [9.17, 15) is 0 Å². The Bertz CT molecular complexity index is 2290. The maximum atomic E-state index is 6.23. The van der Waals surface area contributed by atoms with E-state index >= 15 is 0 Å². The Hall–Kier alpha value is -6.99. The topological polar surface area (TPSA) is 63.6 Å². The highest BCUT2D eigenvalue weighted by Crippen LogP contribution is 2.51. The van der Waals surface area contributed by atoms with E-state index < -0.39 is 0 Å². The number of anilines is 6. The number of hydrogen-bond donors (Lipinski definition) is 0. The van der Waals surface area contributed by atoms with Crippen molar-refractivity contribution >= 4 is 39.7 Å². The maximum absolute atomic E-state index is 6.23. The Labute approximate surface area is 301 Å².